The van der Waals surface area contributed by atoms with Crippen LogP contribution in [0.1, 0.15) is 15.9 Å². The molecule has 1 rings (SSSR count). The Hall–Kier alpha value is -2.41. The van der Waals surface area contributed by atoms with E-state index in [2.05, 4.69) is 4.74 Å². The van der Waals surface area contributed by atoms with Crippen molar-refractivity contribution in [1.29, 1.82) is 0 Å². The summed E-state index contributed by atoms with van der Waals surface area (Å²) < 4.78 is 4.53. The van der Waals surface area contributed by atoms with Crippen molar-refractivity contribution in [3.8, 4) is 0 Å². The predicted molar refractivity (Wildman–Crippen MR) is 61.7 cm³/mol. The largest absolute Gasteiger partial charge is 0.479 e. The molecule has 0 aliphatic carbocycles. The molecule has 0 aliphatic rings. The third kappa shape index (κ3) is 3.52. The monoisotopic (exact) mass is 268 g/mol. The molecule has 0 radical (unpaired) electrons. The predicted octanol–water partition coefficient (Wildman–Crippen LogP) is 0.0505. The normalized spacial score (nSPS) is 13.4. The van der Waals surface area contributed by atoms with Gasteiger partial charge in [-0.05, 0) is 18.6 Å². The Morgan fingerprint density at radius 2 is 1.68 bits per heavy atom. The average molecular weight is 268 g/mol. The number of aliphatic carboxylic acids is 2. The van der Waals surface area contributed by atoms with Gasteiger partial charge in [-0.1, -0.05) is 18.2 Å². The maximum absolute atomic E-state index is 11.7. The molecule has 0 saturated carbocycles. The topological polar surface area (TPSA) is 121 Å². The molecule has 2 unspecified atom stereocenters. The number of aliphatic hydroxyl groups excluding tert-OH is 1. The highest BCUT2D eigenvalue weighted by atomic mass is 16.6. The van der Waals surface area contributed by atoms with E-state index in [0.717, 1.165) is 0 Å². The summed E-state index contributed by atoms with van der Waals surface area (Å²) >= 11 is 0. The van der Waals surface area contributed by atoms with E-state index in [0.29, 0.717) is 5.56 Å². The summed E-state index contributed by atoms with van der Waals surface area (Å²) in [6.45, 7) is 1.61. The Balaban J connectivity index is 2.92. The molecule has 0 fully saturated rings. The van der Waals surface area contributed by atoms with E-state index >= 15 is 0 Å². The molecular weight excluding hydrogens is 256 g/mol. The Kier molecular flexibility index (Phi) is 4.60. The molecule has 102 valence electrons. The van der Waals surface area contributed by atoms with Crippen LogP contribution in [0.5, 0.6) is 0 Å². The summed E-state index contributed by atoms with van der Waals surface area (Å²) in [6, 6.07) is 6.24. The van der Waals surface area contributed by atoms with Gasteiger partial charge in [0.25, 0.3) is 0 Å². The fraction of sp³-hybridized carbons (Fsp3) is 0.250. The van der Waals surface area contributed by atoms with E-state index in [4.69, 9.17) is 15.3 Å². The third-order valence-electron chi connectivity index (χ3n) is 2.38. The van der Waals surface area contributed by atoms with Gasteiger partial charge in [0.2, 0.25) is 6.10 Å². The van der Waals surface area contributed by atoms with Crippen LogP contribution in [0.2, 0.25) is 0 Å². The van der Waals surface area contributed by atoms with E-state index in [-0.39, 0.29) is 5.56 Å². The SMILES string of the molecule is Cc1ccccc1C(=O)OC(C(=O)O)C(O)C(=O)O. The van der Waals surface area contributed by atoms with Gasteiger partial charge in [0.05, 0.1) is 5.56 Å². The summed E-state index contributed by atoms with van der Waals surface area (Å²) in [6.07, 6.45) is -4.49. The van der Waals surface area contributed by atoms with E-state index in [1.54, 1.807) is 25.1 Å². The zero-order valence-corrected chi connectivity index (χ0v) is 9.94. The minimum Gasteiger partial charge on any atom is -0.479 e. The Bertz CT molecular complexity index is 509. The molecule has 3 N–H and O–H groups in total. The molecule has 2 atom stereocenters. The van der Waals surface area contributed by atoms with Crippen LogP contribution < -0.4 is 0 Å². The number of esters is 1. The Labute approximate surface area is 108 Å². The Morgan fingerprint density at radius 3 is 2.16 bits per heavy atom. The first kappa shape index (κ1) is 14.7. The molecule has 7 heteroatoms. The standard InChI is InChI=1S/C12H12O7/c1-6-4-2-3-5-7(6)12(18)19-9(11(16)17)8(13)10(14)15/h2-5,8-9,13H,1H3,(H,14,15)(H,16,17). The molecule has 7 nitrogen and oxygen atoms in total. The first-order chi connectivity index (χ1) is 8.84. The van der Waals surface area contributed by atoms with Crippen LogP contribution in [0.3, 0.4) is 0 Å². The highest BCUT2D eigenvalue weighted by Crippen LogP contribution is 2.11. The molecule has 1 aromatic rings. The van der Waals surface area contributed by atoms with Crippen molar-refractivity contribution in [2.45, 2.75) is 19.1 Å². The molecular formula is C12H12O7. The molecule has 0 aromatic heterocycles. The molecule has 19 heavy (non-hydrogen) atoms. The zero-order valence-electron chi connectivity index (χ0n) is 9.94. The lowest BCUT2D eigenvalue weighted by atomic mass is 10.1. The number of aryl methyl sites for hydroxylation is 1. The number of hydrogen-bond donors (Lipinski definition) is 3. The van der Waals surface area contributed by atoms with E-state index in [1.807, 2.05) is 0 Å². The minimum atomic E-state index is -2.33. The number of carbonyl (C=O) groups is 3. The van der Waals surface area contributed by atoms with Crippen molar-refractivity contribution in [2.75, 3.05) is 0 Å². The van der Waals surface area contributed by atoms with Gasteiger partial charge in [0, 0.05) is 0 Å². The second-order valence-electron chi connectivity index (χ2n) is 3.76. The fourth-order valence-electron chi connectivity index (χ4n) is 1.36. The second-order valence-corrected chi connectivity index (χ2v) is 3.76. The summed E-state index contributed by atoms with van der Waals surface area (Å²) in [7, 11) is 0. The number of rotatable bonds is 5. The number of ether oxygens (including phenoxy) is 1. The van der Waals surface area contributed by atoms with Crippen molar-refractivity contribution in [3.05, 3.63) is 35.4 Å². The van der Waals surface area contributed by atoms with Crippen LogP contribution >= 0.6 is 0 Å². The van der Waals surface area contributed by atoms with E-state index < -0.39 is 30.1 Å². The van der Waals surface area contributed by atoms with Gasteiger partial charge in [-0.15, -0.1) is 0 Å². The highest BCUT2D eigenvalue weighted by Gasteiger charge is 2.36. The molecule has 1 aromatic carbocycles. The van der Waals surface area contributed by atoms with Crippen LogP contribution in [0.25, 0.3) is 0 Å². The van der Waals surface area contributed by atoms with Gasteiger partial charge in [-0.25, -0.2) is 14.4 Å². The van der Waals surface area contributed by atoms with E-state index in [1.165, 1.54) is 6.07 Å². The molecule has 0 bridgehead atoms. The first-order valence-corrected chi connectivity index (χ1v) is 5.25. The number of aliphatic hydroxyl groups is 1. The van der Waals surface area contributed by atoms with Crippen molar-refractivity contribution in [3.63, 3.8) is 0 Å². The Morgan fingerprint density at radius 1 is 1.11 bits per heavy atom. The number of carboxylic acids is 2. The quantitative estimate of drug-likeness (QED) is 0.645. The zero-order chi connectivity index (χ0) is 14.6. The molecule has 0 heterocycles. The smallest absolute Gasteiger partial charge is 0.348 e. The molecule has 0 aliphatic heterocycles. The van der Waals surface area contributed by atoms with Crippen molar-refractivity contribution < 1.29 is 34.4 Å². The molecule has 0 spiro atoms. The lowest BCUT2D eigenvalue weighted by Crippen LogP contribution is -2.43. The van der Waals surface area contributed by atoms with Gasteiger partial charge in [0.15, 0.2) is 6.10 Å². The van der Waals surface area contributed by atoms with Crippen LogP contribution in [-0.4, -0.2) is 45.4 Å². The van der Waals surface area contributed by atoms with Gasteiger partial charge in [0.1, 0.15) is 0 Å². The summed E-state index contributed by atoms with van der Waals surface area (Å²) in [5, 5.41) is 26.5. The summed E-state index contributed by atoms with van der Waals surface area (Å²) in [5.41, 5.74) is 0.646. The average Bonchev–Trinajstić information content (AvgIpc) is 2.34. The highest BCUT2D eigenvalue weighted by molar-refractivity contribution is 5.93. The summed E-state index contributed by atoms with van der Waals surface area (Å²) in [4.78, 5) is 33.0. The fourth-order valence-corrected chi connectivity index (χ4v) is 1.36. The van der Waals surface area contributed by atoms with Gasteiger partial charge < -0.3 is 20.1 Å². The third-order valence-corrected chi connectivity index (χ3v) is 2.38. The second kappa shape index (κ2) is 5.96. The number of benzene rings is 1. The van der Waals surface area contributed by atoms with E-state index in [9.17, 15) is 14.4 Å². The lowest BCUT2D eigenvalue weighted by molar-refractivity contribution is -0.166. The van der Waals surface area contributed by atoms with Gasteiger partial charge in [-0.3, -0.25) is 0 Å². The minimum absolute atomic E-state index is 0.103. The van der Waals surface area contributed by atoms with Gasteiger partial charge in [-0.2, -0.15) is 0 Å². The number of carboxylic acid groups (broad SMARTS) is 2. The maximum atomic E-state index is 11.7. The number of hydrogen-bond acceptors (Lipinski definition) is 5. The molecule has 0 saturated heterocycles. The van der Waals surface area contributed by atoms with Crippen LogP contribution in [-0.2, 0) is 14.3 Å². The van der Waals surface area contributed by atoms with Crippen LogP contribution in [0.15, 0.2) is 24.3 Å². The van der Waals surface area contributed by atoms with Crippen molar-refractivity contribution >= 4 is 17.9 Å². The van der Waals surface area contributed by atoms with Gasteiger partial charge >= 0.3 is 17.9 Å². The number of carbonyl (C=O) groups excluding carboxylic acids is 1. The first-order valence-electron chi connectivity index (χ1n) is 5.25. The van der Waals surface area contributed by atoms with Crippen LogP contribution in [0, 0.1) is 6.92 Å². The molecule has 0 amide bonds. The maximum Gasteiger partial charge on any atom is 0.348 e. The van der Waals surface area contributed by atoms with Crippen molar-refractivity contribution in [1.82, 2.24) is 0 Å². The summed E-state index contributed by atoms with van der Waals surface area (Å²) in [5.74, 6) is -4.53. The van der Waals surface area contributed by atoms with Crippen LogP contribution in [0.4, 0.5) is 0 Å². The lowest BCUT2D eigenvalue weighted by Gasteiger charge is -2.16. The van der Waals surface area contributed by atoms with Crippen molar-refractivity contribution in [2.24, 2.45) is 0 Å².